The zero-order valence-electron chi connectivity index (χ0n) is 6.48. The minimum Gasteiger partial charge on any atom is -0.499 e. The largest absolute Gasteiger partial charge is 0.499 e. The topological polar surface area (TPSA) is 57.5 Å². The van der Waals surface area contributed by atoms with E-state index in [0.717, 1.165) is 14.3 Å². The maximum Gasteiger partial charge on any atom is 0.308 e. The summed E-state index contributed by atoms with van der Waals surface area (Å²) >= 11 is 2.69. The summed E-state index contributed by atoms with van der Waals surface area (Å²) in [5, 5.41) is 18.0. The van der Waals surface area contributed by atoms with Gasteiger partial charge >= 0.3 is 5.97 Å². The molecule has 0 saturated carbocycles. The highest BCUT2D eigenvalue weighted by atomic mass is 32.1. The predicted octanol–water partition coefficient (Wildman–Crippen LogP) is 2.30. The maximum absolute atomic E-state index is 10.4. The lowest BCUT2D eigenvalue weighted by Crippen LogP contribution is -1.96. The second kappa shape index (κ2) is 3.01. The zero-order chi connectivity index (χ0) is 9.42. The van der Waals surface area contributed by atoms with Crippen molar-refractivity contribution >= 4 is 38.0 Å². The summed E-state index contributed by atoms with van der Waals surface area (Å²) < 4.78 is 1.91. The molecule has 0 radical (unpaired) electrons. The number of thiophene rings is 2. The number of aromatic hydroxyl groups is 1. The lowest BCUT2D eigenvalue weighted by atomic mass is 10.3. The second-order valence-electron chi connectivity index (χ2n) is 2.60. The van der Waals surface area contributed by atoms with E-state index in [1.807, 2.05) is 6.07 Å². The van der Waals surface area contributed by atoms with Crippen molar-refractivity contribution in [3.8, 4) is 5.06 Å². The van der Waals surface area contributed by atoms with Crippen LogP contribution in [0, 0.1) is 0 Å². The number of fused-ring (bicyclic) bond motifs is 1. The highest BCUT2D eigenvalue weighted by Gasteiger charge is 2.08. The Morgan fingerprint density at radius 1 is 1.31 bits per heavy atom. The van der Waals surface area contributed by atoms with Crippen LogP contribution in [0.3, 0.4) is 0 Å². The standard InChI is InChI=1S/C8H6O3S2/c9-7(10)2-4-1-5-6(12-4)3-8(11)13-5/h1,3,11H,2H2,(H,9,10). The molecule has 2 rings (SSSR count). The number of carboxylic acids is 1. The zero-order valence-corrected chi connectivity index (χ0v) is 8.11. The Kier molecular flexibility index (Phi) is 1.97. The van der Waals surface area contributed by atoms with E-state index in [9.17, 15) is 4.79 Å². The van der Waals surface area contributed by atoms with Gasteiger partial charge in [-0.1, -0.05) is 11.3 Å². The van der Waals surface area contributed by atoms with E-state index >= 15 is 0 Å². The summed E-state index contributed by atoms with van der Waals surface area (Å²) in [5.74, 6) is -0.821. The molecule has 2 heterocycles. The molecular weight excluding hydrogens is 208 g/mol. The molecule has 0 fully saturated rings. The van der Waals surface area contributed by atoms with E-state index in [-0.39, 0.29) is 11.5 Å². The minimum absolute atomic E-state index is 0.0623. The number of hydrogen-bond acceptors (Lipinski definition) is 4. The molecule has 2 N–H and O–H groups in total. The van der Waals surface area contributed by atoms with Gasteiger partial charge in [-0.15, -0.1) is 11.3 Å². The molecule has 0 saturated heterocycles. The molecule has 0 aromatic carbocycles. The van der Waals surface area contributed by atoms with Gasteiger partial charge in [-0.25, -0.2) is 0 Å². The van der Waals surface area contributed by atoms with Crippen LogP contribution in [0.1, 0.15) is 4.88 Å². The molecule has 0 unspecified atom stereocenters. The molecule has 0 atom stereocenters. The summed E-state index contributed by atoms with van der Waals surface area (Å²) in [6.45, 7) is 0. The Morgan fingerprint density at radius 2 is 2.00 bits per heavy atom. The van der Waals surface area contributed by atoms with Gasteiger partial charge in [0, 0.05) is 20.3 Å². The van der Waals surface area contributed by atoms with Crippen LogP contribution >= 0.6 is 22.7 Å². The maximum atomic E-state index is 10.4. The van der Waals surface area contributed by atoms with Gasteiger partial charge in [0.05, 0.1) is 6.42 Å². The molecule has 0 aliphatic heterocycles. The molecule has 13 heavy (non-hydrogen) atoms. The Bertz CT molecular complexity index is 423. The fraction of sp³-hybridized carbons (Fsp3) is 0.125. The first-order chi connectivity index (χ1) is 6.15. The van der Waals surface area contributed by atoms with Crippen molar-refractivity contribution in [2.75, 3.05) is 0 Å². The van der Waals surface area contributed by atoms with Gasteiger partial charge in [0.15, 0.2) is 5.06 Å². The van der Waals surface area contributed by atoms with Crippen LogP contribution in [-0.2, 0) is 11.2 Å². The monoisotopic (exact) mass is 214 g/mol. The summed E-state index contributed by atoms with van der Waals surface area (Å²) in [6, 6.07) is 3.48. The Labute approximate surface area is 81.9 Å². The molecule has 2 aromatic rings. The van der Waals surface area contributed by atoms with Gasteiger partial charge in [0.25, 0.3) is 0 Å². The summed E-state index contributed by atoms with van der Waals surface area (Å²) in [7, 11) is 0. The SMILES string of the molecule is O=C(O)Cc1cc2sc(O)cc2s1. The van der Waals surface area contributed by atoms with E-state index < -0.39 is 5.97 Å². The van der Waals surface area contributed by atoms with Gasteiger partial charge in [-0.3, -0.25) is 4.79 Å². The van der Waals surface area contributed by atoms with Crippen molar-refractivity contribution in [2.24, 2.45) is 0 Å². The first kappa shape index (κ1) is 8.52. The lowest BCUT2D eigenvalue weighted by Gasteiger charge is -1.86. The van der Waals surface area contributed by atoms with Crippen molar-refractivity contribution < 1.29 is 15.0 Å². The molecule has 5 heteroatoms. The number of carbonyl (C=O) groups is 1. The smallest absolute Gasteiger partial charge is 0.308 e. The van der Waals surface area contributed by atoms with Crippen molar-refractivity contribution in [3.63, 3.8) is 0 Å². The van der Waals surface area contributed by atoms with Crippen LogP contribution in [0.2, 0.25) is 0 Å². The molecule has 2 aromatic heterocycles. The van der Waals surface area contributed by atoms with Crippen molar-refractivity contribution in [1.29, 1.82) is 0 Å². The molecule has 0 bridgehead atoms. The van der Waals surface area contributed by atoms with E-state index in [4.69, 9.17) is 10.2 Å². The van der Waals surface area contributed by atoms with E-state index in [1.54, 1.807) is 6.07 Å². The van der Waals surface area contributed by atoms with Gasteiger partial charge in [-0.2, -0.15) is 0 Å². The van der Waals surface area contributed by atoms with E-state index in [1.165, 1.54) is 22.7 Å². The predicted molar refractivity (Wildman–Crippen MR) is 52.7 cm³/mol. The normalized spacial score (nSPS) is 10.8. The Balaban J connectivity index is 2.39. The minimum atomic E-state index is -0.821. The van der Waals surface area contributed by atoms with Crippen LogP contribution in [0.15, 0.2) is 12.1 Å². The van der Waals surface area contributed by atoms with Crippen LogP contribution in [0.25, 0.3) is 9.40 Å². The third kappa shape index (κ3) is 1.66. The van der Waals surface area contributed by atoms with Crippen LogP contribution in [0.5, 0.6) is 5.06 Å². The summed E-state index contributed by atoms with van der Waals surface area (Å²) in [6.07, 6.45) is 0.0623. The van der Waals surface area contributed by atoms with Crippen molar-refractivity contribution in [2.45, 2.75) is 6.42 Å². The third-order valence-electron chi connectivity index (χ3n) is 1.57. The van der Waals surface area contributed by atoms with Gasteiger partial charge in [0.2, 0.25) is 0 Å². The summed E-state index contributed by atoms with van der Waals surface area (Å²) in [4.78, 5) is 11.2. The molecule has 0 amide bonds. The molecular formula is C8H6O3S2. The molecule has 68 valence electrons. The average molecular weight is 214 g/mol. The molecule has 0 aliphatic rings. The molecule has 0 aliphatic carbocycles. The molecule has 3 nitrogen and oxygen atoms in total. The highest BCUT2D eigenvalue weighted by Crippen LogP contribution is 2.36. The number of rotatable bonds is 2. The van der Waals surface area contributed by atoms with E-state index in [0.29, 0.717) is 0 Å². The van der Waals surface area contributed by atoms with Crippen molar-refractivity contribution in [1.82, 2.24) is 0 Å². The Hall–Kier alpha value is -1.07. The first-order valence-electron chi connectivity index (χ1n) is 3.58. The van der Waals surface area contributed by atoms with Gasteiger partial charge in [0.1, 0.15) is 0 Å². The molecule has 0 spiro atoms. The first-order valence-corrected chi connectivity index (χ1v) is 5.21. The second-order valence-corrected chi connectivity index (χ2v) is 4.83. The van der Waals surface area contributed by atoms with Gasteiger partial charge in [-0.05, 0) is 6.07 Å². The van der Waals surface area contributed by atoms with Crippen LogP contribution in [0.4, 0.5) is 0 Å². The third-order valence-corrected chi connectivity index (χ3v) is 3.67. The average Bonchev–Trinajstić information content (AvgIpc) is 2.41. The Morgan fingerprint density at radius 3 is 2.62 bits per heavy atom. The van der Waals surface area contributed by atoms with Crippen LogP contribution < -0.4 is 0 Å². The number of hydrogen-bond donors (Lipinski definition) is 2. The fourth-order valence-corrected chi connectivity index (χ4v) is 3.26. The van der Waals surface area contributed by atoms with Gasteiger partial charge < -0.3 is 10.2 Å². The summed E-state index contributed by atoms with van der Waals surface area (Å²) in [5.41, 5.74) is 0. The highest BCUT2D eigenvalue weighted by molar-refractivity contribution is 7.28. The quantitative estimate of drug-likeness (QED) is 0.806. The lowest BCUT2D eigenvalue weighted by molar-refractivity contribution is -0.136. The number of carboxylic acid groups (broad SMARTS) is 1. The van der Waals surface area contributed by atoms with Crippen molar-refractivity contribution in [3.05, 3.63) is 17.0 Å². The number of aliphatic carboxylic acids is 1. The fourth-order valence-electron chi connectivity index (χ4n) is 1.11. The van der Waals surface area contributed by atoms with E-state index in [2.05, 4.69) is 0 Å². The van der Waals surface area contributed by atoms with Crippen LogP contribution in [-0.4, -0.2) is 16.2 Å².